The van der Waals surface area contributed by atoms with Gasteiger partial charge in [0, 0.05) is 32.0 Å². The van der Waals surface area contributed by atoms with Crippen molar-refractivity contribution in [2.45, 2.75) is 19.3 Å². The first kappa shape index (κ1) is 17.8. The minimum Gasteiger partial charge on any atom is -0.355 e. The maximum Gasteiger partial charge on any atom is 0.224 e. The Labute approximate surface area is 154 Å². The van der Waals surface area contributed by atoms with Crippen LogP contribution in [0, 0.1) is 11.7 Å². The van der Waals surface area contributed by atoms with Crippen LogP contribution in [0.5, 0.6) is 0 Å². The van der Waals surface area contributed by atoms with Gasteiger partial charge in [-0.15, -0.1) is 0 Å². The minimum absolute atomic E-state index is 0.0456. The molecule has 1 aromatic heterocycles. The van der Waals surface area contributed by atoms with Crippen LogP contribution in [0.15, 0.2) is 41.3 Å². The number of hydrogen-bond donors (Lipinski definition) is 1. The number of anilines is 1. The Morgan fingerprint density at radius 1 is 1.40 bits per heavy atom. The molecule has 0 saturated carbocycles. The first-order valence-corrected chi connectivity index (χ1v) is 9.15. The molecule has 3 rings (SSSR count). The van der Waals surface area contributed by atoms with Crippen molar-refractivity contribution in [2.24, 2.45) is 5.92 Å². The Kier molecular flexibility index (Phi) is 5.96. The average Bonchev–Trinajstić information content (AvgIpc) is 2.65. The summed E-state index contributed by atoms with van der Waals surface area (Å²) in [5, 5.41) is 3.00. The highest BCUT2D eigenvalue weighted by molar-refractivity contribution is 9.10. The molecule has 0 radical (unpaired) electrons. The summed E-state index contributed by atoms with van der Waals surface area (Å²) in [5.41, 5.74) is 0.985. The van der Waals surface area contributed by atoms with Crippen LogP contribution in [0.25, 0.3) is 0 Å². The second-order valence-corrected chi connectivity index (χ2v) is 6.99. The van der Waals surface area contributed by atoms with Crippen LogP contribution in [0.2, 0.25) is 0 Å². The quantitative estimate of drug-likeness (QED) is 0.828. The highest BCUT2D eigenvalue weighted by atomic mass is 79.9. The average molecular weight is 407 g/mol. The maximum atomic E-state index is 13.2. The number of halogens is 2. The third-order valence-electron chi connectivity index (χ3n) is 4.36. The van der Waals surface area contributed by atoms with Crippen molar-refractivity contribution in [3.63, 3.8) is 0 Å². The monoisotopic (exact) mass is 406 g/mol. The number of benzene rings is 1. The zero-order valence-corrected chi connectivity index (χ0v) is 15.4. The first-order chi connectivity index (χ1) is 12.1. The van der Waals surface area contributed by atoms with Crippen molar-refractivity contribution in [1.29, 1.82) is 0 Å². The van der Waals surface area contributed by atoms with Crippen LogP contribution in [-0.2, 0) is 11.2 Å². The van der Waals surface area contributed by atoms with Gasteiger partial charge in [0.25, 0.3) is 0 Å². The molecule has 1 aromatic carbocycles. The van der Waals surface area contributed by atoms with Gasteiger partial charge in [-0.1, -0.05) is 6.07 Å². The van der Waals surface area contributed by atoms with Crippen molar-refractivity contribution < 1.29 is 9.18 Å². The molecule has 2 heterocycles. The number of hydrogen-bond acceptors (Lipinski definition) is 4. The van der Waals surface area contributed by atoms with E-state index in [0.29, 0.717) is 24.0 Å². The van der Waals surface area contributed by atoms with Crippen LogP contribution in [0.3, 0.4) is 0 Å². The summed E-state index contributed by atoms with van der Waals surface area (Å²) in [5.74, 6) is 0.556. The predicted octanol–water partition coefficient (Wildman–Crippen LogP) is 2.95. The number of carbonyl (C=O) groups is 1. The molecule has 1 atom stereocenters. The summed E-state index contributed by atoms with van der Waals surface area (Å²) < 4.78 is 13.7. The third kappa shape index (κ3) is 4.75. The number of nitrogens with one attached hydrogen (secondary N) is 1. The van der Waals surface area contributed by atoms with Crippen LogP contribution >= 0.6 is 15.9 Å². The summed E-state index contributed by atoms with van der Waals surface area (Å²) in [7, 11) is 0. The van der Waals surface area contributed by atoms with Crippen LogP contribution in [-0.4, -0.2) is 35.5 Å². The van der Waals surface area contributed by atoms with E-state index >= 15 is 0 Å². The van der Waals surface area contributed by atoms with E-state index in [0.717, 1.165) is 30.8 Å². The summed E-state index contributed by atoms with van der Waals surface area (Å²) in [6.07, 6.45) is 7.55. The van der Waals surface area contributed by atoms with Gasteiger partial charge in [-0.25, -0.2) is 9.37 Å². The largest absolute Gasteiger partial charge is 0.355 e. The highest BCUT2D eigenvalue weighted by Crippen LogP contribution is 2.21. The molecule has 0 spiro atoms. The van der Waals surface area contributed by atoms with Crippen molar-refractivity contribution >= 4 is 27.7 Å². The normalized spacial score (nSPS) is 17.4. The lowest BCUT2D eigenvalue weighted by atomic mass is 9.97. The molecule has 1 saturated heterocycles. The Balaban J connectivity index is 1.50. The number of aromatic nitrogens is 2. The van der Waals surface area contributed by atoms with E-state index in [1.165, 1.54) is 6.07 Å². The predicted molar refractivity (Wildman–Crippen MR) is 97.8 cm³/mol. The van der Waals surface area contributed by atoms with E-state index in [1.807, 2.05) is 0 Å². The molecule has 1 aliphatic heterocycles. The van der Waals surface area contributed by atoms with Crippen molar-refractivity contribution in [2.75, 3.05) is 24.5 Å². The number of amides is 1. The lowest BCUT2D eigenvalue weighted by Crippen LogP contribution is -2.43. The molecule has 132 valence electrons. The van der Waals surface area contributed by atoms with E-state index in [2.05, 4.69) is 36.1 Å². The molecule has 5 nitrogen and oxygen atoms in total. The molecule has 1 amide bonds. The van der Waals surface area contributed by atoms with Crippen LogP contribution in [0.4, 0.5) is 10.2 Å². The Hall–Kier alpha value is -2.02. The second-order valence-electron chi connectivity index (χ2n) is 6.14. The van der Waals surface area contributed by atoms with Crippen LogP contribution in [0.1, 0.15) is 18.4 Å². The number of carbonyl (C=O) groups excluding carboxylic acids is 1. The van der Waals surface area contributed by atoms with Gasteiger partial charge >= 0.3 is 0 Å². The Bertz CT molecular complexity index is 728. The standard InChI is InChI=1S/C18H20BrFN4O/c19-15-10-13(3-4-16(15)20)5-6-23-18(25)14-2-1-9-24(12-14)17-11-21-7-8-22-17/h3-4,7-8,10-11,14H,1-2,5-6,9,12H2,(H,23,25)/t14-/m1/s1. The van der Waals surface area contributed by atoms with Gasteiger partial charge in [-0.05, 0) is 52.9 Å². The van der Waals surface area contributed by atoms with Gasteiger partial charge in [0.05, 0.1) is 16.6 Å². The summed E-state index contributed by atoms with van der Waals surface area (Å²) in [6.45, 7) is 2.09. The van der Waals surface area contributed by atoms with Crippen LogP contribution < -0.4 is 10.2 Å². The number of piperidine rings is 1. The number of nitrogens with zero attached hydrogens (tertiary/aromatic N) is 3. The highest BCUT2D eigenvalue weighted by Gasteiger charge is 2.26. The molecule has 1 N–H and O–H groups in total. The molecule has 25 heavy (non-hydrogen) atoms. The molecule has 0 aliphatic carbocycles. The molecule has 2 aromatic rings. The molecule has 7 heteroatoms. The maximum absolute atomic E-state index is 13.2. The summed E-state index contributed by atoms with van der Waals surface area (Å²) >= 11 is 3.18. The van der Waals surface area contributed by atoms with Crippen molar-refractivity contribution in [3.8, 4) is 0 Å². The fourth-order valence-electron chi connectivity index (χ4n) is 3.02. The van der Waals surface area contributed by atoms with E-state index in [-0.39, 0.29) is 17.6 Å². The summed E-state index contributed by atoms with van der Waals surface area (Å²) in [4.78, 5) is 23.0. The smallest absolute Gasteiger partial charge is 0.224 e. The molecule has 0 unspecified atom stereocenters. The molecule has 1 fully saturated rings. The van der Waals surface area contributed by atoms with Gasteiger partial charge in [0.1, 0.15) is 11.6 Å². The van der Waals surface area contributed by atoms with Gasteiger partial charge in [-0.3, -0.25) is 9.78 Å². The topological polar surface area (TPSA) is 58.1 Å². The van der Waals surface area contributed by atoms with Gasteiger partial charge < -0.3 is 10.2 Å². The van der Waals surface area contributed by atoms with Gasteiger partial charge in [-0.2, -0.15) is 0 Å². The van der Waals surface area contributed by atoms with E-state index in [4.69, 9.17) is 0 Å². The Morgan fingerprint density at radius 3 is 3.04 bits per heavy atom. The molecular formula is C18H20BrFN4O. The lowest BCUT2D eigenvalue weighted by molar-refractivity contribution is -0.125. The zero-order valence-electron chi connectivity index (χ0n) is 13.8. The van der Waals surface area contributed by atoms with E-state index in [1.54, 1.807) is 30.7 Å². The lowest BCUT2D eigenvalue weighted by Gasteiger charge is -2.32. The Morgan fingerprint density at radius 2 is 2.28 bits per heavy atom. The number of rotatable bonds is 5. The third-order valence-corrected chi connectivity index (χ3v) is 4.97. The fourth-order valence-corrected chi connectivity index (χ4v) is 3.45. The van der Waals surface area contributed by atoms with E-state index in [9.17, 15) is 9.18 Å². The summed E-state index contributed by atoms with van der Waals surface area (Å²) in [6, 6.07) is 4.92. The van der Waals surface area contributed by atoms with E-state index < -0.39 is 0 Å². The first-order valence-electron chi connectivity index (χ1n) is 8.36. The van der Waals surface area contributed by atoms with Crippen molar-refractivity contribution in [1.82, 2.24) is 15.3 Å². The van der Waals surface area contributed by atoms with Gasteiger partial charge in [0.15, 0.2) is 0 Å². The fraction of sp³-hybridized carbons (Fsp3) is 0.389. The second kappa shape index (κ2) is 8.38. The van der Waals surface area contributed by atoms with Gasteiger partial charge in [0.2, 0.25) is 5.91 Å². The molecular weight excluding hydrogens is 387 g/mol. The zero-order chi connectivity index (χ0) is 17.6. The molecule has 1 aliphatic rings. The minimum atomic E-state index is -0.279. The molecule has 0 bridgehead atoms. The van der Waals surface area contributed by atoms with Crippen molar-refractivity contribution in [3.05, 3.63) is 52.6 Å². The SMILES string of the molecule is O=C(NCCc1ccc(F)c(Br)c1)[C@@H]1CCCN(c2cnccn2)C1.